The molecule has 1 saturated heterocycles. The summed E-state index contributed by atoms with van der Waals surface area (Å²) in [5.74, 6) is 0.238. The lowest BCUT2D eigenvalue weighted by Crippen LogP contribution is -2.18. The van der Waals surface area contributed by atoms with Gasteiger partial charge in [0, 0.05) is 6.20 Å². The Labute approximate surface area is 84.7 Å². The monoisotopic (exact) mass is 217 g/mol. The van der Waals surface area contributed by atoms with Crippen molar-refractivity contribution < 1.29 is 13.2 Å². The predicted molar refractivity (Wildman–Crippen MR) is 47.0 cm³/mol. The van der Waals surface area contributed by atoms with Gasteiger partial charge in [-0.05, 0) is 25.5 Å². The van der Waals surface area contributed by atoms with Crippen LogP contribution in [0.25, 0.3) is 0 Å². The van der Waals surface area contributed by atoms with Crippen LogP contribution in [-0.4, -0.2) is 16.5 Å². The molecule has 0 spiro atoms. The number of hydrogen-bond donors (Lipinski definition) is 1. The first-order valence-corrected chi connectivity index (χ1v) is 4.71. The third-order valence-corrected chi connectivity index (χ3v) is 2.34. The van der Waals surface area contributed by atoms with E-state index in [1.165, 1.54) is 0 Å². The first-order valence-electron chi connectivity index (χ1n) is 4.71. The third-order valence-electron chi connectivity index (χ3n) is 2.34. The van der Waals surface area contributed by atoms with Crippen molar-refractivity contribution in [1.82, 2.24) is 15.3 Å². The van der Waals surface area contributed by atoms with Crippen LogP contribution >= 0.6 is 0 Å². The van der Waals surface area contributed by atoms with Gasteiger partial charge < -0.3 is 5.32 Å². The highest BCUT2D eigenvalue weighted by Gasteiger charge is 2.33. The first kappa shape index (κ1) is 10.4. The van der Waals surface area contributed by atoms with Gasteiger partial charge >= 0.3 is 6.18 Å². The largest absolute Gasteiger partial charge is 0.433 e. The minimum absolute atomic E-state index is 0.132. The molecule has 0 aromatic carbocycles. The highest BCUT2D eigenvalue weighted by molar-refractivity contribution is 5.09. The van der Waals surface area contributed by atoms with Crippen molar-refractivity contribution in [2.24, 2.45) is 0 Å². The zero-order valence-corrected chi connectivity index (χ0v) is 7.88. The molecule has 1 aliphatic rings. The number of hydrogen-bond acceptors (Lipinski definition) is 3. The van der Waals surface area contributed by atoms with Gasteiger partial charge in [-0.15, -0.1) is 0 Å². The Morgan fingerprint density at radius 3 is 2.80 bits per heavy atom. The molecule has 1 atom stereocenters. The molecule has 6 heteroatoms. The summed E-state index contributed by atoms with van der Waals surface area (Å²) in [6, 6.07) is 0.755. The van der Waals surface area contributed by atoms with Crippen molar-refractivity contribution >= 4 is 0 Å². The molecule has 0 aliphatic carbocycles. The summed E-state index contributed by atoms with van der Waals surface area (Å²) in [5.41, 5.74) is -0.874. The van der Waals surface area contributed by atoms with E-state index in [4.69, 9.17) is 0 Å². The van der Waals surface area contributed by atoms with Crippen molar-refractivity contribution in [3.8, 4) is 0 Å². The van der Waals surface area contributed by atoms with Gasteiger partial charge in [0.25, 0.3) is 0 Å². The van der Waals surface area contributed by atoms with Crippen molar-refractivity contribution in [1.29, 1.82) is 0 Å². The minimum atomic E-state index is -4.39. The van der Waals surface area contributed by atoms with E-state index in [0.717, 1.165) is 31.6 Å². The van der Waals surface area contributed by atoms with Gasteiger partial charge in [0.05, 0.1) is 6.04 Å². The van der Waals surface area contributed by atoms with E-state index in [1.54, 1.807) is 0 Å². The summed E-state index contributed by atoms with van der Waals surface area (Å²) in [7, 11) is 0. The van der Waals surface area contributed by atoms with Gasteiger partial charge in [-0.2, -0.15) is 13.2 Å². The van der Waals surface area contributed by atoms with Crippen LogP contribution in [0.2, 0.25) is 0 Å². The average Bonchev–Trinajstić information content (AvgIpc) is 2.69. The van der Waals surface area contributed by atoms with Crippen LogP contribution in [0.5, 0.6) is 0 Å². The molecule has 1 unspecified atom stereocenters. The number of nitrogens with zero attached hydrogens (tertiary/aromatic N) is 2. The Morgan fingerprint density at radius 2 is 2.20 bits per heavy atom. The van der Waals surface area contributed by atoms with E-state index in [2.05, 4.69) is 15.3 Å². The van der Waals surface area contributed by atoms with E-state index in [0.29, 0.717) is 0 Å². The number of rotatable bonds is 1. The van der Waals surface area contributed by atoms with E-state index in [9.17, 15) is 13.2 Å². The maximum Gasteiger partial charge on any atom is 0.433 e. The fourth-order valence-electron chi connectivity index (χ4n) is 1.60. The Bertz CT molecular complexity index is 345. The second-order valence-corrected chi connectivity index (χ2v) is 3.45. The van der Waals surface area contributed by atoms with Crippen LogP contribution in [-0.2, 0) is 6.18 Å². The second kappa shape index (κ2) is 3.77. The van der Waals surface area contributed by atoms with Gasteiger partial charge in [0.2, 0.25) is 0 Å². The quantitative estimate of drug-likeness (QED) is 0.780. The topological polar surface area (TPSA) is 37.8 Å². The smallest absolute Gasteiger partial charge is 0.307 e. The van der Waals surface area contributed by atoms with Gasteiger partial charge in [-0.25, -0.2) is 9.97 Å². The Balaban J connectivity index is 2.26. The third kappa shape index (κ3) is 2.26. The highest BCUT2D eigenvalue weighted by Crippen LogP contribution is 2.28. The van der Waals surface area contributed by atoms with Crippen LogP contribution in [0.15, 0.2) is 12.3 Å². The molecule has 15 heavy (non-hydrogen) atoms. The lowest BCUT2D eigenvalue weighted by atomic mass is 10.2. The summed E-state index contributed by atoms with van der Waals surface area (Å²) in [4.78, 5) is 7.39. The maximum atomic E-state index is 12.3. The molecule has 2 heterocycles. The molecule has 0 radical (unpaired) electrons. The van der Waals surface area contributed by atoms with Crippen molar-refractivity contribution in [2.45, 2.75) is 25.1 Å². The molecule has 0 amide bonds. The molecule has 0 saturated carbocycles. The maximum absolute atomic E-state index is 12.3. The SMILES string of the molecule is FC(F)(F)c1ccnc(C2CCCN2)n1. The molecule has 3 nitrogen and oxygen atoms in total. The van der Waals surface area contributed by atoms with Crippen LogP contribution in [0.3, 0.4) is 0 Å². The molecule has 1 N–H and O–H groups in total. The Morgan fingerprint density at radius 1 is 1.40 bits per heavy atom. The van der Waals surface area contributed by atoms with Crippen molar-refractivity contribution in [2.75, 3.05) is 6.54 Å². The number of aromatic nitrogens is 2. The number of nitrogens with one attached hydrogen (secondary N) is 1. The zero-order valence-electron chi connectivity index (χ0n) is 7.88. The molecule has 0 bridgehead atoms. The van der Waals surface area contributed by atoms with Crippen LogP contribution < -0.4 is 5.32 Å². The molecular weight excluding hydrogens is 207 g/mol. The zero-order chi connectivity index (χ0) is 10.9. The minimum Gasteiger partial charge on any atom is -0.307 e. The summed E-state index contributed by atoms with van der Waals surface area (Å²) < 4.78 is 37.0. The van der Waals surface area contributed by atoms with E-state index >= 15 is 0 Å². The summed E-state index contributed by atoms with van der Waals surface area (Å²) in [5, 5.41) is 3.06. The summed E-state index contributed by atoms with van der Waals surface area (Å²) in [6.45, 7) is 0.810. The average molecular weight is 217 g/mol. The van der Waals surface area contributed by atoms with Crippen LogP contribution in [0.1, 0.15) is 30.4 Å². The fraction of sp³-hybridized carbons (Fsp3) is 0.556. The molecular formula is C9H10F3N3. The van der Waals surface area contributed by atoms with Crippen LogP contribution in [0, 0.1) is 0 Å². The molecule has 82 valence electrons. The van der Waals surface area contributed by atoms with Gasteiger partial charge in [0.15, 0.2) is 0 Å². The number of halogens is 3. The van der Waals surface area contributed by atoms with Crippen LogP contribution in [0.4, 0.5) is 13.2 Å². The van der Waals surface area contributed by atoms with Gasteiger partial charge in [-0.3, -0.25) is 0 Å². The molecule has 1 aliphatic heterocycles. The lowest BCUT2D eigenvalue weighted by Gasteiger charge is -2.11. The van der Waals surface area contributed by atoms with E-state index in [1.807, 2.05) is 0 Å². The number of alkyl halides is 3. The normalized spacial score (nSPS) is 21.9. The van der Waals surface area contributed by atoms with Crippen molar-refractivity contribution in [3.05, 3.63) is 23.8 Å². The van der Waals surface area contributed by atoms with Gasteiger partial charge in [0.1, 0.15) is 11.5 Å². The highest BCUT2D eigenvalue weighted by atomic mass is 19.4. The second-order valence-electron chi connectivity index (χ2n) is 3.45. The Kier molecular flexibility index (Phi) is 2.60. The molecule has 1 aromatic rings. The van der Waals surface area contributed by atoms with E-state index < -0.39 is 11.9 Å². The lowest BCUT2D eigenvalue weighted by molar-refractivity contribution is -0.141. The predicted octanol–water partition coefficient (Wildman–Crippen LogP) is 1.92. The summed E-state index contributed by atoms with van der Waals surface area (Å²) >= 11 is 0. The summed E-state index contributed by atoms with van der Waals surface area (Å²) in [6.07, 6.45) is -1.49. The van der Waals surface area contributed by atoms with Crippen molar-refractivity contribution in [3.63, 3.8) is 0 Å². The molecule has 1 aromatic heterocycles. The van der Waals surface area contributed by atoms with E-state index in [-0.39, 0.29) is 11.9 Å². The first-order chi connectivity index (χ1) is 7.07. The Hall–Kier alpha value is -1.17. The molecule has 2 rings (SSSR count). The molecule has 1 fully saturated rings. The fourth-order valence-corrected chi connectivity index (χ4v) is 1.60. The van der Waals surface area contributed by atoms with Gasteiger partial charge in [-0.1, -0.05) is 0 Å². The standard InChI is InChI=1S/C9H10F3N3/c10-9(11,12)7-3-5-14-8(15-7)6-2-1-4-13-6/h3,5-6,13H,1-2,4H2.